The van der Waals surface area contributed by atoms with E-state index in [4.69, 9.17) is 0 Å². The Labute approximate surface area is 134 Å². The summed E-state index contributed by atoms with van der Waals surface area (Å²) < 4.78 is 15.9. The zero-order valence-electron chi connectivity index (χ0n) is 11.8. The van der Waals surface area contributed by atoms with Crippen LogP contribution in [0, 0.1) is 12.7 Å². The van der Waals surface area contributed by atoms with Crippen molar-refractivity contribution in [3.8, 4) is 0 Å². The molecule has 0 aliphatic rings. The second-order valence-corrected chi connectivity index (χ2v) is 5.75. The van der Waals surface area contributed by atoms with Crippen LogP contribution < -0.4 is 5.56 Å². The summed E-state index contributed by atoms with van der Waals surface area (Å²) in [4.78, 5) is 17.0. The summed E-state index contributed by atoms with van der Waals surface area (Å²) in [6.07, 6.45) is 3.11. The molecule has 0 aliphatic carbocycles. The normalized spacial score (nSPS) is 11.4. The summed E-state index contributed by atoms with van der Waals surface area (Å²) in [6, 6.07) is 11.8. The number of hydrogen-bond donors (Lipinski definition) is 0. The van der Waals surface area contributed by atoms with Gasteiger partial charge in [0.25, 0.3) is 5.56 Å². The molecule has 0 saturated carbocycles. The first-order valence-corrected chi connectivity index (χ1v) is 7.47. The van der Waals surface area contributed by atoms with Gasteiger partial charge in [-0.15, -0.1) is 0 Å². The van der Waals surface area contributed by atoms with E-state index in [1.54, 1.807) is 49.5 Å². The molecule has 0 amide bonds. The van der Waals surface area contributed by atoms with Crippen LogP contribution in [0.1, 0.15) is 11.4 Å². The highest BCUT2D eigenvalue weighted by atomic mass is 79.9. The zero-order chi connectivity index (χ0) is 15.7. The molecule has 3 aromatic rings. The molecule has 2 aromatic carbocycles. The number of benzene rings is 2. The summed E-state index contributed by atoms with van der Waals surface area (Å²) in [5, 5.41) is 0.512. The quantitative estimate of drug-likeness (QED) is 0.686. The molecule has 110 valence electrons. The fraction of sp³-hybridized carbons (Fsp3) is 0.0588. The van der Waals surface area contributed by atoms with Gasteiger partial charge < -0.3 is 0 Å². The molecule has 3 rings (SSSR count). The highest BCUT2D eigenvalue weighted by Gasteiger charge is 2.07. The number of aryl methyl sites for hydroxylation is 1. The summed E-state index contributed by atoms with van der Waals surface area (Å²) in [7, 11) is 0. The van der Waals surface area contributed by atoms with Crippen LogP contribution in [0.5, 0.6) is 0 Å². The van der Waals surface area contributed by atoms with Crippen LogP contribution in [0.4, 0.5) is 4.39 Å². The lowest BCUT2D eigenvalue weighted by Crippen LogP contribution is -2.19. The van der Waals surface area contributed by atoms with Crippen molar-refractivity contribution in [3.63, 3.8) is 0 Å². The predicted molar refractivity (Wildman–Crippen MR) is 90.1 cm³/mol. The van der Waals surface area contributed by atoms with Gasteiger partial charge in [0.2, 0.25) is 0 Å². The zero-order valence-corrected chi connectivity index (χ0v) is 13.3. The molecule has 22 heavy (non-hydrogen) atoms. The molecule has 0 N–H and O–H groups in total. The van der Waals surface area contributed by atoms with E-state index in [0.29, 0.717) is 22.3 Å². The molecular weight excluding hydrogens is 347 g/mol. The van der Waals surface area contributed by atoms with Gasteiger partial charge in [-0.25, -0.2) is 9.37 Å². The highest BCUT2D eigenvalue weighted by molar-refractivity contribution is 9.10. The third-order valence-electron chi connectivity index (χ3n) is 3.35. The molecule has 0 atom stereocenters. The Bertz CT molecular complexity index is 947. The summed E-state index contributed by atoms with van der Waals surface area (Å²) in [5.41, 5.74) is 0.876. The van der Waals surface area contributed by atoms with E-state index >= 15 is 0 Å². The molecule has 1 aromatic heterocycles. The molecule has 1 heterocycles. The maximum atomic E-state index is 13.6. The van der Waals surface area contributed by atoms with Gasteiger partial charge in [0.05, 0.1) is 10.9 Å². The third-order valence-corrected chi connectivity index (χ3v) is 3.84. The second-order valence-electron chi connectivity index (χ2n) is 4.83. The average molecular weight is 359 g/mol. The van der Waals surface area contributed by atoms with E-state index in [1.807, 2.05) is 6.07 Å². The number of rotatable bonds is 2. The molecule has 0 spiro atoms. The number of aromatic nitrogens is 2. The van der Waals surface area contributed by atoms with E-state index in [-0.39, 0.29) is 11.4 Å². The SMILES string of the molecule is Cc1nc2ccc(Br)cc2c(=O)n1/C=C/c1ccccc1F. The monoisotopic (exact) mass is 358 g/mol. The van der Waals surface area contributed by atoms with Crippen molar-refractivity contribution < 1.29 is 4.39 Å². The van der Waals surface area contributed by atoms with Crippen molar-refractivity contribution in [2.75, 3.05) is 0 Å². The van der Waals surface area contributed by atoms with E-state index < -0.39 is 0 Å². The molecule has 0 saturated heterocycles. The van der Waals surface area contributed by atoms with Crippen LogP contribution in [-0.4, -0.2) is 9.55 Å². The van der Waals surface area contributed by atoms with Gasteiger partial charge in [0.1, 0.15) is 11.6 Å². The number of hydrogen-bond acceptors (Lipinski definition) is 2. The predicted octanol–water partition coefficient (Wildman–Crippen LogP) is 4.23. The van der Waals surface area contributed by atoms with Crippen LogP contribution in [0.15, 0.2) is 51.7 Å². The number of fused-ring (bicyclic) bond motifs is 1. The van der Waals surface area contributed by atoms with Gasteiger partial charge in [-0.2, -0.15) is 0 Å². The first-order valence-electron chi connectivity index (χ1n) is 6.67. The molecule has 0 aliphatic heterocycles. The van der Waals surface area contributed by atoms with E-state index in [1.165, 1.54) is 10.6 Å². The van der Waals surface area contributed by atoms with E-state index in [2.05, 4.69) is 20.9 Å². The van der Waals surface area contributed by atoms with Gasteiger partial charge in [-0.1, -0.05) is 34.1 Å². The molecule has 0 radical (unpaired) electrons. The minimum atomic E-state index is -0.332. The van der Waals surface area contributed by atoms with Crippen molar-refractivity contribution in [1.82, 2.24) is 9.55 Å². The van der Waals surface area contributed by atoms with Crippen molar-refractivity contribution in [1.29, 1.82) is 0 Å². The van der Waals surface area contributed by atoms with E-state index in [0.717, 1.165) is 4.47 Å². The Kier molecular flexibility index (Phi) is 3.90. The Hall–Kier alpha value is -2.27. The van der Waals surface area contributed by atoms with Crippen molar-refractivity contribution >= 4 is 39.1 Å². The average Bonchev–Trinajstić information content (AvgIpc) is 2.50. The van der Waals surface area contributed by atoms with Gasteiger partial charge in [0.15, 0.2) is 0 Å². The fourth-order valence-electron chi connectivity index (χ4n) is 2.22. The summed E-state index contributed by atoms with van der Waals surface area (Å²) >= 11 is 3.35. The Balaban J connectivity index is 2.15. The van der Waals surface area contributed by atoms with Gasteiger partial charge >= 0.3 is 0 Å². The lowest BCUT2D eigenvalue weighted by Gasteiger charge is -2.06. The summed E-state index contributed by atoms with van der Waals surface area (Å²) in [5.74, 6) is 0.216. The van der Waals surface area contributed by atoms with E-state index in [9.17, 15) is 9.18 Å². The maximum absolute atomic E-state index is 13.6. The number of halogens is 2. The molecule has 3 nitrogen and oxygen atoms in total. The smallest absolute Gasteiger partial charge is 0.265 e. The minimum Gasteiger partial charge on any atom is -0.271 e. The molecular formula is C17H12BrFN2O. The van der Waals surface area contributed by atoms with Gasteiger partial charge in [-0.3, -0.25) is 9.36 Å². The second kappa shape index (κ2) is 5.85. The fourth-order valence-corrected chi connectivity index (χ4v) is 2.58. The van der Waals surface area contributed by atoms with Crippen LogP contribution in [0.2, 0.25) is 0 Å². The number of nitrogens with zero attached hydrogens (tertiary/aromatic N) is 2. The molecule has 0 unspecified atom stereocenters. The van der Waals surface area contributed by atoms with Crippen LogP contribution in [0.25, 0.3) is 23.2 Å². The topological polar surface area (TPSA) is 34.9 Å². The lowest BCUT2D eigenvalue weighted by molar-refractivity contribution is 0.625. The first-order chi connectivity index (χ1) is 10.6. The maximum Gasteiger partial charge on any atom is 0.265 e. The molecule has 0 bridgehead atoms. The standard InChI is InChI=1S/C17H12BrFN2O/c1-11-20-16-7-6-13(18)10-14(16)17(22)21(11)9-8-12-4-2-3-5-15(12)19/h2-10H,1H3/b9-8+. The van der Waals surface area contributed by atoms with Gasteiger partial charge in [-0.05, 0) is 37.3 Å². The van der Waals surface area contributed by atoms with Crippen LogP contribution in [-0.2, 0) is 0 Å². The Morgan fingerprint density at radius 3 is 2.77 bits per heavy atom. The minimum absolute atomic E-state index is 0.184. The van der Waals surface area contributed by atoms with Crippen molar-refractivity contribution in [3.05, 3.63) is 74.5 Å². The first kappa shape index (κ1) is 14.7. The van der Waals surface area contributed by atoms with Crippen molar-refractivity contribution in [2.24, 2.45) is 0 Å². The Morgan fingerprint density at radius 2 is 2.00 bits per heavy atom. The largest absolute Gasteiger partial charge is 0.271 e. The molecule has 0 fully saturated rings. The van der Waals surface area contributed by atoms with Crippen LogP contribution >= 0.6 is 15.9 Å². The van der Waals surface area contributed by atoms with Gasteiger partial charge in [0, 0.05) is 16.2 Å². The third kappa shape index (κ3) is 2.72. The van der Waals surface area contributed by atoms with Crippen LogP contribution in [0.3, 0.4) is 0 Å². The van der Waals surface area contributed by atoms with Crippen molar-refractivity contribution in [2.45, 2.75) is 6.92 Å². The highest BCUT2D eigenvalue weighted by Crippen LogP contribution is 2.16. The molecule has 5 heteroatoms. The lowest BCUT2D eigenvalue weighted by atomic mass is 10.2. The Morgan fingerprint density at radius 1 is 1.23 bits per heavy atom. The summed E-state index contributed by atoms with van der Waals surface area (Å²) in [6.45, 7) is 1.74.